The minimum absolute atomic E-state index is 0.0914. The van der Waals surface area contributed by atoms with Gasteiger partial charge in [-0.25, -0.2) is 9.78 Å². The van der Waals surface area contributed by atoms with E-state index in [9.17, 15) is 9.59 Å². The van der Waals surface area contributed by atoms with Crippen LogP contribution in [0.25, 0.3) is 17.2 Å². The number of rotatable bonds is 4. The number of benzene rings is 1. The highest BCUT2D eigenvalue weighted by Gasteiger charge is 2.11. The number of carbonyl (C=O) groups is 2. The van der Waals surface area contributed by atoms with Crippen molar-refractivity contribution < 1.29 is 24.2 Å². The summed E-state index contributed by atoms with van der Waals surface area (Å²) >= 11 is 0. The number of carboxylic acids is 2. The molecule has 1 aromatic carbocycles. The largest absolute Gasteiger partial charge is 0.481 e. The molecule has 0 aliphatic carbocycles. The number of carboxylic acid groups (broad SMARTS) is 2. The number of fused-ring (bicyclic) bond motifs is 1. The second-order valence-corrected chi connectivity index (χ2v) is 3.54. The van der Waals surface area contributed by atoms with Crippen molar-refractivity contribution in [3.05, 3.63) is 35.7 Å². The molecule has 1 aromatic heterocycles. The summed E-state index contributed by atoms with van der Waals surface area (Å²) in [5.41, 5.74) is 1.44. The van der Waals surface area contributed by atoms with Gasteiger partial charge >= 0.3 is 11.9 Å². The summed E-state index contributed by atoms with van der Waals surface area (Å²) in [5.74, 6) is -2.01. The molecule has 0 aliphatic heterocycles. The fraction of sp³-hybridized carbons (Fsp3) is 0.0833. The lowest BCUT2D eigenvalue weighted by Crippen LogP contribution is -1.99. The van der Waals surface area contributed by atoms with Crippen LogP contribution in [0.15, 0.2) is 28.7 Å². The summed E-state index contributed by atoms with van der Waals surface area (Å²) in [6.45, 7) is 0. The molecule has 0 atom stereocenters. The van der Waals surface area contributed by atoms with Gasteiger partial charge in [-0.2, -0.15) is 0 Å². The summed E-state index contributed by atoms with van der Waals surface area (Å²) < 4.78 is 5.25. The molecule has 0 fully saturated rings. The first-order valence-corrected chi connectivity index (χ1v) is 5.07. The molecule has 0 unspecified atom stereocenters. The second kappa shape index (κ2) is 4.70. The van der Waals surface area contributed by atoms with Crippen LogP contribution in [-0.2, 0) is 16.0 Å². The van der Waals surface area contributed by atoms with Gasteiger partial charge < -0.3 is 14.6 Å². The van der Waals surface area contributed by atoms with E-state index in [2.05, 4.69) is 4.98 Å². The van der Waals surface area contributed by atoms with Crippen molar-refractivity contribution in [3.63, 3.8) is 0 Å². The maximum absolute atomic E-state index is 10.6. The molecule has 0 bridgehead atoms. The Morgan fingerprint density at radius 1 is 1.33 bits per heavy atom. The van der Waals surface area contributed by atoms with E-state index in [-0.39, 0.29) is 12.3 Å². The standard InChI is InChI=1S/C12H9NO5/c14-10(15)5-4-7-2-1-3-8-12(7)13-9(18-8)6-11(16)17/h1-5H,6H2,(H,14,15)(H,16,17)/b5-4+. The van der Waals surface area contributed by atoms with E-state index in [1.54, 1.807) is 18.2 Å². The highest BCUT2D eigenvalue weighted by atomic mass is 16.4. The van der Waals surface area contributed by atoms with Gasteiger partial charge in [-0.3, -0.25) is 4.79 Å². The zero-order valence-corrected chi connectivity index (χ0v) is 9.16. The summed E-state index contributed by atoms with van der Waals surface area (Å²) in [6, 6.07) is 5.00. The van der Waals surface area contributed by atoms with E-state index in [0.717, 1.165) is 6.08 Å². The van der Waals surface area contributed by atoms with Crippen molar-refractivity contribution in [1.82, 2.24) is 4.98 Å². The van der Waals surface area contributed by atoms with Gasteiger partial charge in [0.25, 0.3) is 0 Å². The first-order chi connectivity index (χ1) is 8.56. The normalized spacial score (nSPS) is 11.1. The van der Waals surface area contributed by atoms with Crippen LogP contribution >= 0.6 is 0 Å². The predicted molar refractivity (Wildman–Crippen MR) is 62.0 cm³/mol. The van der Waals surface area contributed by atoms with E-state index >= 15 is 0 Å². The quantitative estimate of drug-likeness (QED) is 0.795. The topological polar surface area (TPSA) is 101 Å². The van der Waals surface area contributed by atoms with Crippen molar-refractivity contribution in [2.75, 3.05) is 0 Å². The van der Waals surface area contributed by atoms with E-state index in [1.165, 1.54) is 6.08 Å². The Balaban J connectivity index is 2.45. The Kier molecular flexibility index (Phi) is 3.09. The van der Waals surface area contributed by atoms with Crippen LogP contribution in [0.5, 0.6) is 0 Å². The molecule has 92 valence electrons. The summed E-state index contributed by atoms with van der Waals surface area (Å²) in [6.07, 6.45) is 2.06. The maximum atomic E-state index is 10.6. The number of para-hydroxylation sites is 1. The van der Waals surface area contributed by atoms with E-state index in [0.29, 0.717) is 16.7 Å². The highest BCUT2D eigenvalue weighted by molar-refractivity contribution is 5.90. The molecule has 0 aliphatic rings. The van der Waals surface area contributed by atoms with Gasteiger partial charge in [0.05, 0.1) is 0 Å². The van der Waals surface area contributed by atoms with Gasteiger partial charge in [0, 0.05) is 11.6 Å². The van der Waals surface area contributed by atoms with E-state index in [4.69, 9.17) is 14.6 Å². The first kappa shape index (κ1) is 11.8. The van der Waals surface area contributed by atoms with E-state index < -0.39 is 11.9 Å². The van der Waals surface area contributed by atoms with Crippen molar-refractivity contribution >= 4 is 29.1 Å². The third-order valence-electron chi connectivity index (χ3n) is 2.20. The first-order valence-electron chi connectivity index (χ1n) is 5.07. The molecule has 2 N–H and O–H groups in total. The lowest BCUT2D eigenvalue weighted by Gasteiger charge is -1.92. The fourth-order valence-corrected chi connectivity index (χ4v) is 1.52. The third-order valence-corrected chi connectivity index (χ3v) is 2.20. The van der Waals surface area contributed by atoms with Crippen LogP contribution in [0.2, 0.25) is 0 Å². The van der Waals surface area contributed by atoms with Gasteiger partial charge in [0.1, 0.15) is 11.9 Å². The Bertz CT molecular complexity index is 641. The molecular weight excluding hydrogens is 238 g/mol. The second-order valence-electron chi connectivity index (χ2n) is 3.54. The number of oxazole rings is 1. The lowest BCUT2D eigenvalue weighted by atomic mass is 10.2. The molecule has 6 heteroatoms. The van der Waals surface area contributed by atoms with Gasteiger partial charge in [-0.05, 0) is 12.1 Å². The van der Waals surface area contributed by atoms with Crippen molar-refractivity contribution in [3.8, 4) is 0 Å². The molecular formula is C12H9NO5. The smallest absolute Gasteiger partial charge is 0.328 e. The Hall–Kier alpha value is -2.63. The molecule has 0 saturated carbocycles. The van der Waals surface area contributed by atoms with Crippen LogP contribution < -0.4 is 0 Å². The SMILES string of the molecule is O=C(O)/C=C/c1cccc2oc(CC(=O)O)nc12. The maximum Gasteiger partial charge on any atom is 0.328 e. The Labute approximate surface area is 101 Å². The third kappa shape index (κ3) is 2.54. The summed E-state index contributed by atoms with van der Waals surface area (Å²) in [5, 5.41) is 17.2. The highest BCUT2D eigenvalue weighted by Crippen LogP contribution is 2.21. The molecule has 0 amide bonds. The number of aromatic nitrogens is 1. The van der Waals surface area contributed by atoms with Crippen molar-refractivity contribution in [2.45, 2.75) is 6.42 Å². The number of hydrogen-bond donors (Lipinski definition) is 2. The summed E-state index contributed by atoms with van der Waals surface area (Å²) in [4.78, 5) is 25.0. The van der Waals surface area contributed by atoms with Gasteiger partial charge in [-0.1, -0.05) is 12.1 Å². The summed E-state index contributed by atoms with van der Waals surface area (Å²) in [7, 11) is 0. The van der Waals surface area contributed by atoms with Gasteiger partial charge in [0.15, 0.2) is 5.58 Å². The van der Waals surface area contributed by atoms with E-state index in [1.807, 2.05) is 0 Å². The average molecular weight is 247 g/mol. The monoisotopic (exact) mass is 247 g/mol. The van der Waals surface area contributed by atoms with Crippen molar-refractivity contribution in [1.29, 1.82) is 0 Å². The lowest BCUT2D eigenvalue weighted by molar-refractivity contribution is -0.136. The van der Waals surface area contributed by atoms with Crippen LogP contribution in [-0.4, -0.2) is 27.1 Å². The molecule has 0 radical (unpaired) electrons. The number of nitrogens with zero attached hydrogens (tertiary/aromatic N) is 1. The zero-order valence-electron chi connectivity index (χ0n) is 9.16. The minimum Gasteiger partial charge on any atom is -0.481 e. The molecule has 18 heavy (non-hydrogen) atoms. The minimum atomic E-state index is -1.07. The molecule has 1 heterocycles. The average Bonchev–Trinajstić information content (AvgIpc) is 2.67. The number of hydrogen-bond acceptors (Lipinski definition) is 4. The van der Waals surface area contributed by atoms with Crippen LogP contribution in [0, 0.1) is 0 Å². The van der Waals surface area contributed by atoms with Gasteiger partial charge in [0.2, 0.25) is 5.89 Å². The Morgan fingerprint density at radius 3 is 2.78 bits per heavy atom. The van der Waals surface area contributed by atoms with Crippen LogP contribution in [0.4, 0.5) is 0 Å². The fourth-order valence-electron chi connectivity index (χ4n) is 1.52. The van der Waals surface area contributed by atoms with Gasteiger partial charge in [-0.15, -0.1) is 0 Å². The zero-order chi connectivity index (χ0) is 13.1. The molecule has 0 spiro atoms. The van der Waals surface area contributed by atoms with Crippen molar-refractivity contribution in [2.24, 2.45) is 0 Å². The molecule has 6 nitrogen and oxygen atoms in total. The molecule has 2 rings (SSSR count). The van der Waals surface area contributed by atoms with Crippen LogP contribution in [0.1, 0.15) is 11.5 Å². The predicted octanol–water partition coefficient (Wildman–Crippen LogP) is 1.55. The van der Waals surface area contributed by atoms with Crippen LogP contribution in [0.3, 0.4) is 0 Å². The molecule has 2 aromatic rings. The Morgan fingerprint density at radius 2 is 2.11 bits per heavy atom. The number of aliphatic carboxylic acids is 2. The molecule has 0 saturated heterocycles.